The summed E-state index contributed by atoms with van der Waals surface area (Å²) in [4.78, 5) is 22.6. The monoisotopic (exact) mass is 303 g/mol. The van der Waals surface area contributed by atoms with Gasteiger partial charge in [0.05, 0.1) is 5.56 Å². The van der Waals surface area contributed by atoms with Crippen molar-refractivity contribution in [3.63, 3.8) is 0 Å². The number of halogens is 1. The molecule has 0 heterocycles. The quantitative estimate of drug-likeness (QED) is 0.890. The number of aromatic carboxylic acids is 1. The minimum Gasteiger partial charge on any atom is -0.481 e. The molecule has 114 valence electrons. The van der Waals surface area contributed by atoms with E-state index in [9.17, 15) is 14.0 Å². The van der Waals surface area contributed by atoms with Crippen molar-refractivity contribution in [2.75, 3.05) is 11.9 Å². The third-order valence-corrected chi connectivity index (χ3v) is 2.94. The van der Waals surface area contributed by atoms with Gasteiger partial charge in [0.25, 0.3) is 5.91 Å². The number of anilines is 1. The summed E-state index contributed by atoms with van der Waals surface area (Å²) >= 11 is 0. The zero-order valence-corrected chi connectivity index (χ0v) is 11.8. The molecule has 1 amide bonds. The Bertz CT molecular complexity index is 715. The summed E-state index contributed by atoms with van der Waals surface area (Å²) in [5, 5.41) is 11.5. The normalized spacial score (nSPS) is 10.1. The average Bonchev–Trinajstić information content (AvgIpc) is 2.48. The molecule has 22 heavy (non-hydrogen) atoms. The molecule has 0 unspecified atom stereocenters. The zero-order chi connectivity index (χ0) is 16.1. The van der Waals surface area contributed by atoms with Crippen LogP contribution in [0.2, 0.25) is 0 Å². The van der Waals surface area contributed by atoms with E-state index in [2.05, 4.69) is 5.32 Å². The molecule has 2 aromatic carbocycles. The summed E-state index contributed by atoms with van der Waals surface area (Å²) in [6.07, 6.45) is 0. The topological polar surface area (TPSA) is 75.6 Å². The number of amides is 1. The molecule has 0 aliphatic heterocycles. The summed E-state index contributed by atoms with van der Waals surface area (Å²) in [6.45, 7) is 1.33. The second kappa shape index (κ2) is 6.71. The molecule has 2 rings (SSSR count). The van der Waals surface area contributed by atoms with Crippen molar-refractivity contribution >= 4 is 17.6 Å². The van der Waals surface area contributed by atoms with Gasteiger partial charge in [0.1, 0.15) is 0 Å². The molecule has 0 aromatic heterocycles. The molecule has 2 N–H and O–H groups in total. The fourth-order valence-electron chi connectivity index (χ4n) is 1.83. The number of rotatable bonds is 5. The van der Waals surface area contributed by atoms with Crippen LogP contribution in [-0.2, 0) is 4.79 Å². The average molecular weight is 303 g/mol. The molecule has 0 aliphatic carbocycles. The molecular weight excluding hydrogens is 289 g/mol. The third kappa shape index (κ3) is 3.82. The number of carbonyl (C=O) groups is 2. The number of hydrogen-bond acceptors (Lipinski definition) is 3. The van der Waals surface area contributed by atoms with Gasteiger partial charge in [0, 0.05) is 5.69 Å². The van der Waals surface area contributed by atoms with Gasteiger partial charge < -0.3 is 15.2 Å². The lowest BCUT2D eigenvalue weighted by atomic mass is 10.1. The van der Waals surface area contributed by atoms with Crippen molar-refractivity contribution < 1.29 is 23.8 Å². The molecule has 6 heteroatoms. The number of ether oxygens (including phenoxy) is 1. The Morgan fingerprint density at radius 3 is 2.59 bits per heavy atom. The number of aryl methyl sites for hydroxylation is 1. The summed E-state index contributed by atoms with van der Waals surface area (Å²) in [6, 6.07) is 10.1. The number of carboxylic acids is 1. The van der Waals surface area contributed by atoms with Gasteiger partial charge in [-0.2, -0.15) is 0 Å². The molecule has 0 atom stereocenters. The summed E-state index contributed by atoms with van der Waals surface area (Å²) in [5.41, 5.74) is 1.23. The molecule has 0 spiro atoms. The second-order valence-electron chi connectivity index (χ2n) is 4.60. The van der Waals surface area contributed by atoms with Gasteiger partial charge in [-0.15, -0.1) is 0 Å². The van der Waals surface area contributed by atoms with Crippen LogP contribution >= 0.6 is 0 Å². The molecule has 2 aromatic rings. The van der Waals surface area contributed by atoms with Crippen molar-refractivity contribution in [1.29, 1.82) is 0 Å². The van der Waals surface area contributed by atoms with Crippen LogP contribution in [0.5, 0.6) is 5.75 Å². The summed E-state index contributed by atoms with van der Waals surface area (Å²) in [5.74, 6) is -2.05. The lowest BCUT2D eigenvalue weighted by molar-refractivity contribution is -0.118. The van der Waals surface area contributed by atoms with E-state index in [1.165, 1.54) is 36.4 Å². The Kier molecular flexibility index (Phi) is 4.73. The Balaban J connectivity index is 1.98. The Morgan fingerprint density at radius 1 is 1.23 bits per heavy atom. The first kappa shape index (κ1) is 15.5. The third-order valence-electron chi connectivity index (χ3n) is 2.94. The van der Waals surface area contributed by atoms with Crippen LogP contribution in [0.3, 0.4) is 0 Å². The first-order valence-electron chi connectivity index (χ1n) is 6.48. The van der Waals surface area contributed by atoms with Crippen LogP contribution in [0.4, 0.5) is 10.1 Å². The standard InChI is InChI=1S/C16H14FNO4/c1-10-8-11(16(20)21)6-7-13(10)18-15(19)9-22-14-5-3-2-4-12(14)17/h2-8H,9H2,1H3,(H,18,19)(H,20,21). The highest BCUT2D eigenvalue weighted by Gasteiger charge is 2.10. The highest BCUT2D eigenvalue weighted by atomic mass is 19.1. The maximum absolute atomic E-state index is 13.3. The van der Waals surface area contributed by atoms with E-state index in [0.717, 1.165) is 0 Å². The van der Waals surface area contributed by atoms with Crippen molar-refractivity contribution in [3.05, 3.63) is 59.4 Å². The van der Waals surface area contributed by atoms with Crippen LogP contribution in [-0.4, -0.2) is 23.6 Å². The smallest absolute Gasteiger partial charge is 0.335 e. The minimum absolute atomic E-state index is 0.00408. The first-order chi connectivity index (χ1) is 10.5. The Labute approximate surface area is 126 Å². The van der Waals surface area contributed by atoms with Gasteiger partial charge in [-0.3, -0.25) is 4.79 Å². The van der Waals surface area contributed by atoms with Gasteiger partial charge in [0.2, 0.25) is 0 Å². The maximum Gasteiger partial charge on any atom is 0.335 e. The molecule has 0 radical (unpaired) electrons. The van der Waals surface area contributed by atoms with Crippen LogP contribution in [0.15, 0.2) is 42.5 Å². The van der Waals surface area contributed by atoms with E-state index in [4.69, 9.17) is 9.84 Å². The molecule has 0 bridgehead atoms. The minimum atomic E-state index is -1.04. The number of para-hydroxylation sites is 1. The lowest BCUT2D eigenvalue weighted by Crippen LogP contribution is -2.21. The zero-order valence-electron chi connectivity index (χ0n) is 11.8. The molecule has 0 saturated carbocycles. The van der Waals surface area contributed by atoms with Gasteiger partial charge >= 0.3 is 5.97 Å². The molecule has 5 nitrogen and oxygen atoms in total. The molecule has 0 aliphatic rings. The van der Waals surface area contributed by atoms with Crippen LogP contribution in [0.25, 0.3) is 0 Å². The second-order valence-corrected chi connectivity index (χ2v) is 4.60. The van der Waals surface area contributed by atoms with Crippen LogP contribution in [0.1, 0.15) is 15.9 Å². The van der Waals surface area contributed by atoms with Gasteiger partial charge in [-0.25, -0.2) is 9.18 Å². The number of carbonyl (C=O) groups excluding carboxylic acids is 1. The largest absolute Gasteiger partial charge is 0.481 e. The number of hydrogen-bond donors (Lipinski definition) is 2. The van der Waals surface area contributed by atoms with Crippen molar-refractivity contribution in [1.82, 2.24) is 0 Å². The predicted molar refractivity (Wildman–Crippen MR) is 78.7 cm³/mol. The summed E-state index contributed by atoms with van der Waals surface area (Å²) < 4.78 is 18.4. The first-order valence-corrected chi connectivity index (χ1v) is 6.48. The number of nitrogens with one attached hydrogen (secondary N) is 1. The van der Waals surface area contributed by atoms with Gasteiger partial charge in [-0.1, -0.05) is 12.1 Å². The number of carboxylic acid groups (broad SMARTS) is 1. The fraction of sp³-hybridized carbons (Fsp3) is 0.125. The van der Waals surface area contributed by atoms with Gasteiger partial charge in [0.15, 0.2) is 18.2 Å². The SMILES string of the molecule is Cc1cc(C(=O)O)ccc1NC(=O)COc1ccccc1F. The van der Waals surface area contributed by atoms with Crippen LogP contribution in [0, 0.1) is 12.7 Å². The maximum atomic E-state index is 13.3. The Hall–Kier alpha value is -2.89. The lowest BCUT2D eigenvalue weighted by Gasteiger charge is -2.10. The molecule has 0 saturated heterocycles. The fourth-order valence-corrected chi connectivity index (χ4v) is 1.83. The highest BCUT2D eigenvalue weighted by Crippen LogP contribution is 2.18. The van der Waals surface area contributed by atoms with E-state index >= 15 is 0 Å². The van der Waals surface area contributed by atoms with Crippen molar-refractivity contribution in [2.45, 2.75) is 6.92 Å². The Morgan fingerprint density at radius 2 is 1.95 bits per heavy atom. The van der Waals surface area contributed by atoms with E-state index < -0.39 is 17.7 Å². The van der Waals surface area contributed by atoms with E-state index in [-0.39, 0.29) is 17.9 Å². The summed E-state index contributed by atoms with van der Waals surface area (Å²) in [7, 11) is 0. The van der Waals surface area contributed by atoms with Crippen molar-refractivity contribution in [2.24, 2.45) is 0 Å². The predicted octanol–water partition coefficient (Wildman–Crippen LogP) is 2.85. The van der Waals surface area contributed by atoms with Gasteiger partial charge in [-0.05, 0) is 42.8 Å². The van der Waals surface area contributed by atoms with Crippen molar-refractivity contribution in [3.8, 4) is 5.75 Å². The van der Waals surface area contributed by atoms with E-state index in [1.54, 1.807) is 13.0 Å². The van der Waals surface area contributed by atoms with E-state index in [0.29, 0.717) is 11.3 Å². The van der Waals surface area contributed by atoms with E-state index in [1.807, 2.05) is 0 Å². The number of benzene rings is 2. The molecular formula is C16H14FNO4. The van der Waals surface area contributed by atoms with Crippen LogP contribution < -0.4 is 10.1 Å². The molecule has 0 fully saturated rings. The highest BCUT2D eigenvalue weighted by molar-refractivity contribution is 5.94.